The summed E-state index contributed by atoms with van der Waals surface area (Å²) in [7, 11) is 0. The summed E-state index contributed by atoms with van der Waals surface area (Å²) >= 11 is 0. The van der Waals surface area contributed by atoms with Gasteiger partial charge in [-0.15, -0.1) is 0 Å². The van der Waals surface area contributed by atoms with Crippen molar-refractivity contribution in [1.82, 2.24) is 0 Å². The van der Waals surface area contributed by atoms with Crippen molar-refractivity contribution < 1.29 is 10.0 Å². The molecule has 0 radical (unpaired) electrons. The summed E-state index contributed by atoms with van der Waals surface area (Å²) in [5, 5.41) is 21.1. The van der Waals surface area contributed by atoms with E-state index < -0.39 is 10.6 Å². The molecule has 0 aliphatic rings. The third-order valence-corrected chi connectivity index (χ3v) is 3.06. The van der Waals surface area contributed by atoms with Gasteiger partial charge in [-0.05, 0) is 13.0 Å². The first-order valence-corrected chi connectivity index (χ1v) is 6.27. The number of hydrogen-bond acceptors (Lipinski definition) is 5. The molecule has 1 atom stereocenters. The average molecular weight is 285 g/mol. The van der Waals surface area contributed by atoms with Crippen LogP contribution in [0.3, 0.4) is 0 Å². The first kappa shape index (κ1) is 14.7. The molecule has 2 rings (SSSR count). The maximum absolute atomic E-state index is 10.8. The molecule has 2 aromatic carbocycles. The molecule has 0 fully saturated rings. The quantitative estimate of drug-likeness (QED) is 0.390. The topological polar surface area (TPSA) is 102 Å². The summed E-state index contributed by atoms with van der Waals surface area (Å²) in [6.45, 7) is 1.53. The number of nitro benzene ring substituents is 1. The molecule has 0 aliphatic carbocycles. The van der Waals surface area contributed by atoms with E-state index in [2.05, 4.69) is 4.99 Å². The lowest BCUT2D eigenvalue weighted by Crippen LogP contribution is -2.18. The first-order chi connectivity index (χ1) is 9.90. The molecule has 2 aromatic rings. The summed E-state index contributed by atoms with van der Waals surface area (Å²) in [6, 6.07) is 13.0. The van der Waals surface area contributed by atoms with Gasteiger partial charge in [0.2, 0.25) is 0 Å². The van der Waals surface area contributed by atoms with Crippen molar-refractivity contribution in [2.24, 2.45) is 4.99 Å². The van der Waals surface area contributed by atoms with Gasteiger partial charge < -0.3 is 10.8 Å². The van der Waals surface area contributed by atoms with Gasteiger partial charge in [-0.3, -0.25) is 15.1 Å². The Morgan fingerprint density at radius 3 is 2.57 bits per heavy atom. The number of hydrogen-bond donors (Lipinski definition) is 2. The van der Waals surface area contributed by atoms with Crippen molar-refractivity contribution in [3.63, 3.8) is 0 Å². The van der Waals surface area contributed by atoms with Gasteiger partial charge in [0.25, 0.3) is 5.69 Å². The fraction of sp³-hybridized carbons (Fsp3) is 0.133. The SMILES string of the molecule is CC(O)(N=Cc1cc([N+](=O)[O-])ccc1N)c1ccccc1. The number of aliphatic imine (C=N–C) groups is 1. The predicted octanol–water partition coefficient (Wildman–Crippen LogP) is 2.46. The van der Waals surface area contributed by atoms with Crippen LogP contribution in [-0.4, -0.2) is 16.2 Å². The molecule has 6 heteroatoms. The van der Waals surface area contributed by atoms with Gasteiger partial charge >= 0.3 is 0 Å². The Hall–Kier alpha value is -2.73. The Balaban J connectivity index is 2.33. The van der Waals surface area contributed by atoms with Gasteiger partial charge in [0.05, 0.1) is 4.92 Å². The van der Waals surface area contributed by atoms with E-state index in [0.717, 1.165) is 0 Å². The number of nitrogens with two attached hydrogens (primary N) is 1. The monoisotopic (exact) mass is 285 g/mol. The molecule has 1 unspecified atom stereocenters. The fourth-order valence-electron chi connectivity index (χ4n) is 1.81. The van der Waals surface area contributed by atoms with Crippen molar-refractivity contribution in [3.05, 3.63) is 69.8 Å². The minimum absolute atomic E-state index is 0.0787. The highest BCUT2D eigenvalue weighted by atomic mass is 16.6. The van der Waals surface area contributed by atoms with Gasteiger partial charge in [0, 0.05) is 35.2 Å². The van der Waals surface area contributed by atoms with E-state index in [-0.39, 0.29) is 5.69 Å². The molecular weight excluding hydrogens is 270 g/mol. The van der Waals surface area contributed by atoms with Gasteiger partial charge in [0.1, 0.15) is 0 Å². The number of aliphatic hydroxyl groups is 1. The highest BCUT2D eigenvalue weighted by Gasteiger charge is 2.20. The van der Waals surface area contributed by atoms with E-state index in [1.165, 1.54) is 31.3 Å². The Morgan fingerprint density at radius 1 is 1.29 bits per heavy atom. The molecule has 0 aromatic heterocycles. The number of nitro groups is 1. The highest BCUT2D eigenvalue weighted by Crippen LogP contribution is 2.23. The Bertz CT molecular complexity index is 682. The van der Waals surface area contributed by atoms with Crippen LogP contribution in [0.25, 0.3) is 0 Å². The zero-order valence-corrected chi connectivity index (χ0v) is 11.4. The van der Waals surface area contributed by atoms with Crippen LogP contribution in [-0.2, 0) is 5.72 Å². The maximum atomic E-state index is 10.8. The average Bonchev–Trinajstić information content (AvgIpc) is 2.47. The molecule has 0 bridgehead atoms. The lowest BCUT2D eigenvalue weighted by atomic mass is 10.1. The summed E-state index contributed by atoms with van der Waals surface area (Å²) in [4.78, 5) is 14.3. The molecular formula is C15H15N3O3. The molecule has 0 saturated carbocycles. The Labute approximate surface area is 121 Å². The van der Waals surface area contributed by atoms with Crippen LogP contribution in [0.15, 0.2) is 53.5 Å². The number of nitrogens with zero attached hydrogens (tertiary/aromatic N) is 2. The largest absolute Gasteiger partial charge is 0.398 e. The first-order valence-electron chi connectivity index (χ1n) is 6.27. The van der Waals surface area contributed by atoms with Crippen molar-refractivity contribution in [2.45, 2.75) is 12.6 Å². The molecule has 6 nitrogen and oxygen atoms in total. The number of benzene rings is 2. The molecule has 0 heterocycles. The zero-order valence-electron chi connectivity index (χ0n) is 11.4. The van der Waals surface area contributed by atoms with Crippen LogP contribution in [0.4, 0.5) is 11.4 Å². The van der Waals surface area contributed by atoms with E-state index >= 15 is 0 Å². The minimum atomic E-state index is -1.43. The molecule has 0 amide bonds. The molecule has 0 spiro atoms. The van der Waals surface area contributed by atoms with Gasteiger partial charge in [-0.2, -0.15) is 0 Å². The standard InChI is InChI=1S/C15H15N3O3/c1-15(19,12-5-3-2-4-6-12)17-10-11-9-13(18(20)21)7-8-14(11)16/h2-10,19H,16H2,1H3. The van der Waals surface area contributed by atoms with E-state index in [9.17, 15) is 15.2 Å². The number of non-ortho nitro benzene ring substituents is 1. The van der Waals surface area contributed by atoms with Crippen LogP contribution >= 0.6 is 0 Å². The number of nitrogen functional groups attached to an aromatic ring is 1. The summed E-state index contributed by atoms with van der Waals surface area (Å²) in [6.07, 6.45) is 1.34. The normalized spacial score (nSPS) is 14.0. The Morgan fingerprint density at radius 2 is 1.95 bits per heavy atom. The summed E-state index contributed by atoms with van der Waals surface area (Å²) in [5.41, 5.74) is 5.61. The van der Waals surface area contributed by atoms with Crippen LogP contribution in [0, 0.1) is 10.1 Å². The molecule has 21 heavy (non-hydrogen) atoms. The van der Waals surface area contributed by atoms with Crippen LogP contribution < -0.4 is 5.73 Å². The lowest BCUT2D eigenvalue weighted by molar-refractivity contribution is -0.384. The fourth-order valence-corrected chi connectivity index (χ4v) is 1.81. The van der Waals surface area contributed by atoms with Crippen LogP contribution in [0.2, 0.25) is 0 Å². The van der Waals surface area contributed by atoms with E-state index in [0.29, 0.717) is 16.8 Å². The predicted molar refractivity (Wildman–Crippen MR) is 81.1 cm³/mol. The van der Waals surface area contributed by atoms with Crippen molar-refractivity contribution in [2.75, 3.05) is 5.73 Å². The second-order valence-corrected chi connectivity index (χ2v) is 4.72. The third kappa shape index (κ3) is 3.43. The van der Waals surface area contributed by atoms with Crippen molar-refractivity contribution in [3.8, 4) is 0 Å². The van der Waals surface area contributed by atoms with Gasteiger partial charge in [-0.1, -0.05) is 30.3 Å². The van der Waals surface area contributed by atoms with E-state index in [4.69, 9.17) is 5.73 Å². The maximum Gasteiger partial charge on any atom is 0.270 e. The number of rotatable bonds is 4. The third-order valence-electron chi connectivity index (χ3n) is 3.06. The second-order valence-electron chi connectivity index (χ2n) is 4.72. The lowest BCUT2D eigenvalue weighted by Gasteiger charge is -2.18. The summed E-state index contributed by atoms with van der Waals surface area (Å²) < 4.78 is 0. The summed E-state index contributed by atoms with van der Waals surface area (Å²) in [5.74, 6) is 0. The minimum Gasteiger partial charge on any atom is -0.398 e. The van der Waals surface area contributed by atoms with Crippen LogP contribution in [0.1, 0.15) is 18.1 Å². The van der Waals surface area contributed by atoms with Crippen molar-refractivity contribution >= 4 is 17.6 Å². The zero-order chi connectivity index (χ0) is 15.5. The van der Waals surface area contributed by atoms with Crippen LogP contribution in [0.5, 0.6) is 0 Å². The highest BCUT2D eigenvalue weighted by molar-refractivity contribution is 5.88. The Kier molecular flexibility index (Phi) is 4.00. The molecule has 0 aliphatic heterocycles. The number of anilines is 1. The smallest absolute Gasteiger partial charge is 0.270 e. The molecule has 108 valence electrons. The van der Waals surface area contributed by atoms with E-state index in [1.54, 1.807) is 24.3 Å². The second kappa shape index (κ2) is 5.72. The molecule has 0 saturated heterocycles. The van der Waals surface area contributed by atoms with Gasteiger partial charge in [0.15, 0.2) is 5.72 Å². The molecule has 3 N–H and O–H groups in total. The van der Waals surface area contributed by atoms with Crippen molar-refractivity contribution in [1.29, 1.82) is 0 Å². The van der Waals surface area contributed by atoms with E-state index in [1.807, 2.05) is 6.07 Å². The van der Waals surface area contributed by atoms with Gasteiger partial charge in [-0.25, -0.2) is 0 Å².